The van der Waals surface area contributed by atoms with Crippen molar-refractivity contribution < 1.29 is 5.11 Å². The number of nitrogens with zero attached hydrogens (tertiary/aromatic N) is 4. The van der Waals surface area contributed by atoms with Crippen LogP contribution in [0.3, 0.4) is 0 Å². The molecule has 2 N–H and O–H groups in total. The molecule has 24 heavy (non-hydrogen) atoms. The average Bonchev–Trinajstić information content (AvgIpc) is 3.09. The number of benzene rings is 1. The average molecular weight is 325 g/mol. The number of hydrogen-bond donors (Lipinski definition) is 2. The van der Waals surface area contributed by atoms with Crippen LogP contribution in [0, 0.1) is 0 Å². The fourth-order valence-corrected chi connectivity index (χ4v) is 3.38. The Morgan fingerprint density at radius 3 is 2.88 bits per heavy atom. The SMILES string of the molecule is Cn1nc(Nc2cnn3c2CCCC3)c2ccc(C(C)(C)O)cc21. The Kier molecular flexibility index (Phi) is 3.38. The number of aryl methyl sites for hydroxylation is 2. The highest BCUT2D eigenvalue weighted by Gasteiger charge is 2.20. The van der Waals surface area contributed by atoms with Gasteiger partial charge < -0.3 is 10.4 Å². The first kappa shape index (κ1) is 15.2. The molecule has 0 saturated carbocycles. The lowest BCUT2D eigenvalue weighted by molar-refractivity contribution is 0.0787. The smallest absolute Gasteiger partial charge is 0.160 e. The molecule has 1 aromatic carbocycles. The van der Waals surface area contributed by atoms with Gasteiger partial charge in [-0.3, -0.25) is 9.36 Å². The summed E-state index contributed by atoms with van der Waals surface area (Å²) in [4.78, 5) is 0. The number of hydrogen-bond acceptors (Lipinski definition) is 4. The molecule has 3 aromatic rings. The number of aromatic nitrogens is 4. The molecule has 4 rings (SSSR count). The molecule has 2 aromatic heterocycles. The van der Waals surface area contributed by atoms with Crippen molar-refractivity contribution in [3.63, 3.8) is 0 Å². The molecule has 6 heteroatoms. The van der Waals surface area contributed by atoms with Gasteiger partial charge in [0.05, 0.1) is 28.7 Å². The molecule has 0 saturated heterocycles. The Bertz CT molecular complexity index is 900. The second-order valence-electron chi connectivity index (χ2n) is 7.07. The van der Waals surface area contributed by atoms with Crippen molar-refractivity contribution in [2.45, 2.75) is 45.3 Å². The largest absolute Gasteiger partial charge is 0.386 e. The highest BCUT2D eigenvalue weighted by Crippen LogP contribution is 2.31. The van der Waals surface area contributed by atoms with Gasteiger partial charge in [0.1, 0.15) is 0 Å². The van der Waals surface area contributed by atoms with Crippen LogP contribution in [0.25, 0.3) is 10.9 Å². The van der Waals surface area contributed by atoms with Gasteiger partial charge in [0.25, 0.3) is 0 Å². The van der Waals surface area contributed by atoms with Crippen molar-refractivity contribution in [3.05, 3.63) is 35.7 Å². The molecule has 1 aliphatic rings. The third-order valence-electron chi connectivity index (χ3n) is 4.79. The lowest BCUT2D eigenvalue weighted by Crippen LogP contribution is -2.15. The van der Waals surface area contributed by atoms with Gasteiger partial charge in [-0.1, -0.05) is 6.07 Å². The molecular formula is C18H23N5O. The Morgan fingerprint density at radius 2 is 2.08 bits per heavy atom. The van der Waals surface area contributed by atoms with Crippen molar-refractivity contribution in [1.82, 2.24) is 19.6 Å². The molecule has 0 unspecified atom stereocenters. The topological polar surface area (TPSA) is 67.9 Å². The van der Waals surface area contributed by atoms with Gasteiger partial charge >= 0.3 is 0 Å². The summed E-state index contributed by atoms with van der Waals surface area (Å²) >= 11 is 0. The van der Waals surface area contributed by atoms with E-state index in [0.29, 0.717) is 0 Å². The van der Waals surface area contributed by atoms with Crippen molar-refractivity contribution in [2.24, 2.45) is 7.05 Å². The predicted molar refractivity (Wildman–Crippen MR) is 94.4 cm³/mol. The predicted octanol–water partition coefficient (Wildman–Crippen LogP) is 3.08. The second kappa shape index (κ2) is 5.34. The zero-order valence-electron chi connectivity index (χ0n) is 14.4. The maximum Gasteiger partial charge on any atom is 0.160 e. The fourth-order valence-electron chi connectivity index (χ4n) is 3.38. The fraction of sp³-hybridized carbons (Fsp3) is 0.444. The zero-order valence-corrected chi connectivity index (χ0v) is 14.4. The first-order valence-electron chi connectivity index (χ1n) is 8.45. The van der Waals surface area contributed by atoms with Crippen LogP contribution in [0.1, 0.15) is 37.9 Å². The minimum atomic E-state index is -0.864. The van der Waals surface area contributed by atoms with Gasteiger partial charge in [0.15, 0.2) is 5.82 Å². The first-order chi connectivity index (χ1) is 11.4. The number of aliphatic hydroxyl groups is 1. The van der Waals surface area contributed by atoms with Crippen molar-refractivity contribution in [1.29, 1.82) is 0 Å². The van der Waals surface area contributed by atoms with Crippen LogP contribution in [0.2, 0.25) is 0 Å². The van der Waals surface area contributed by atoms with Crippen LogP contribution < -0.4 is 5.32 Å². The van der Waals surface area contributed by atoms with Gasteiger partial charge in [0, 0.05) is 19.0 Å². The molecule has 0 fully saturated rings. The Labute approximate surface area is 141 Å². The van der Waals surface area contributed by atoms with Gasteiger partial charge in [-0.2, -0.15) is 10.2 Å². The molecule has 0 aliphatic carbocycles. The summed E-state index contributed by atoms with van der Waals surface area (Å²) in [6.45, 7) is 4.58. The summed E-state index contributed by atoms with van der Waals surface area (Å²) in [5.41, 5.74) is 3.32. The van der Waals surface area contributed by atoms with Crippen LogP contribution in [0.5, 0.6) is 0 Å². The summed E-state index contributed by atoms with van der Waals surface area (Å²) in [6, 6.07) is 5.98. The van der Waals surface area contributed by atoms with Crippen molar-refractivity contribution >= 4 is 22.4 Å². The van der Waals surface area contributed by atoms with Gasteiger partial charge in [-0.15, -0.1) is 0 Å². The summed E-state index contributed by atoms with van der Waals surface area (Å²) < 4.78 is 3.94. The third kappa shape index (κ3) is 2.47. The maximum absolute atomic E-state index is 10.2. The Morgan fingerprint density at radius 1 is 1.25 bits per heavy atom. The molecule has 1 aliphatic heterocycles. The standard InChI is InChI=1S/C18H23N5O/c1-18(2,24)12-7-8-13-16(10-12)22(3)21-17(13)20-14-11-19-23-9-5-4-6-15(14)23/h7-8,10-11,24H,4-6,9H2,1-3H3,(H,20,21). The van der Waals surface area contributed by atoms with Gasteiger partial charge in [0.2, 0.25) is 0 Å². The number of rotatable bonds is 3. The summed E-state index contributed by atoms with van der Waals surface area (Å²) in [5.74, 6) is 0.830. The number of anilines is 2. The van der Waals surface area contributed by atoms with Crippen molar-refractivity contribution in [2.75, 3.05) is 5.32 Å². The number of nitrogens with one attached hydrogen (secondary N) is 1. The van der Waals surface area contributed by atoms with Crippen LogP contribution in [-0.2, 0) is 25.6 Å². The van der Waals surface area contributed by atoms with E-state index in [4.69, 9.17) is 0 Å². The lowest BCUT2D eigenvalue weighted by atomic mass is 9.97. The third-order valence-corrected chi connectivity index (χ3v) is 4.79. The normalized spacial score (nSPS) is 14.8. The highest BCUT2D eigenvalue weighted by molar-refractivity contribution is 5.92. The van der Waals surface area contributed by atoms with Crippen molar-refractivity contribution in [3.8, 4) is 0 Å². The quantitative estimate of drug-likeness (QED) is 0.776. The lowest BCUT2D eigenvalue weighted by Gasteiger charge is -2.17. The van der Waals surface area contributed by atoms with E-state index in [1.807, 2.05) is 36.1 Å². The Hall–Kier alpha value is -2.34. The monoisotopic (exact) mass is 325 g/mol. The molecule has 3 heterocycles. The van der Waals surface area contributed by atoms with E-state index in [9.17, 15) is 5.11 Å². The van der Waals surface area contributed by atoms with Gasteiger partial charge in [-0.05, 0) is 50.8 Å². The van der Waals surface area contributed by atoms with Crippen LogP contribution in [-0.4, -0.2) is 24.7 Å². The first-order valence-corrected chi connectivity index (χ1v) is 8.45. The van der Waals surface area contributed by atoms with Crippen LogP contribution in [0.15, 0.2) is 24.4 Å². The van der Waals surface area contributed by atoms with E-state index in [0.717, 1.165) is 40.9 Å². The molecule has 0 bridgehead atoms. The van der Waals surface area contributed by atoms with E-state index >= 15 is 0 Å². The maximum atomic E-state index is 10.2. The molecule has 0 spiro atoms. The minimum absolute atomic E-state index is 0.830. The highest BCUT2D eigenvalue weighted by atomic mass is 16.3. The minimum Gasteiger partial charge on any atom is -0.386 e. The van der Waals surface area contributed by atoms with E-state index in [-0.39, 0.29) is 0 Å². The molecule has 0 atom stereocenters. The zero-order chi connectivity index (χ0) is 16.9. The van der Waals surface area contributed by atoms with E-state index in [1.54, 1.807) is 13.8 Å². The second-order valence-corrected chi connectivity index (χ2v) is 7.07. The molecular weight excluding hydrogens is 302 g/mol. The van der Waals surface area contributed by atoms with Gasteiger partial charge in [-0.25, -0.2) is 0 Å². The molecule has 6 nitrogen and oxygen atoms in total. The van der Waals surface area contributed by atoms with E-state index in [1.165, 1.54) is 18.5 Å². The Balaban J connectivity index is 1.74. The van der Waals surface area contributed by atoms with E-state index < -0.39 is 5.60 Å². The van der Waals surface area contributed by atoms with E-state index in [2.05, 4.69) is 20.2 Å². The summed E-state index contributed by atoms with van der Waals surface area (Å²) in [5, 5.41) is 23.8. The van der Waals surface area contributed by atoms with Crippen LogP contribution in [0.4, 0.5) is 11.5 Å². The summed E-state index contributed by atoms with van der Waals surface area (Å²) in [7, 11) is 1.93. The molecule has 0 radical (unpaired) electrons. The molecule has 126 valence electrons. The number of fused-ring (bicyclic) bond motifs is 2. The summed E-state index contributed by atoms with van der Waals surface area (Å²) in [6.07, 6.45) is 5.35. The molecule has 0 amide bonds. The van der Waals surface area contributed by atoms with Crippen LogP contribution >= 0.6 is 0 Å².